The zero-order chi connectivity index (χ0) is 24.1. The van der Waals surface area contributed by atoms with Crippen LogP contribution in [0.5, 0.6) is 11.5 Å². The number of hydrogen-bond donors (Lipinski definition) is 0. The lowest BCUT2D eigenvalue weighted by atomic mass is 10.2. The fraction of sp³-hybridized carbons (Fsp3) is 0.360. The summed E-state index contributed by atoms with van der Waals surface area (Å²) in [5.74, 6) is 1.12. The van der Waals surface area contributed by atoms with E-state index in [0.29, 0.717) is 41.4 Å². The molecule has 7 nitrogen and oxygen atoms in total. The molecule has 0 atom stereocenters. The topological polar surface area (TPSA) is 64.1 Å². The van der Waals surface area contributed by atoms with Gasteiger partial charge < -0.3 is 14.2 Å². The van der Waals surface area contributed by atoms with Crippen molar-refractivity contribution in [3.8, 4) is 11.5 Å². The number of halogens is 1. The number of aromatic nitrogens is 1. The predicted molar refractivity (Wildman–Crippen MR) is 138 cm³/mol. The summed E-state index contributed by atoms with van der Waals surface area (Å²) >= 11 is 7.73. The fourth-order valence-corrected chi connectivity index (χ4v) is 5.29. The first-order chi connectivity index (χ1) is 16.5. The van der Waals surface area contributed by atoms with Gasteiger partial charge in [0.05, 0.1) is 37.6 Å². The number of thiazole rings is 1. The number of rotatable bonds is 8. The van der Waals surface area contributed by atoms with Gasteiger partial charge >= 0.3 is 0 Å². The van der Waals surface area contributed by atoms with E-state index >= 15 is 0 Å². The van der Waals surface area contributed by atoms with Crippen LogP contribution in [0.3, 0.4) is 0 Å². The van der Waals surface area contributed by atoms with Crippen molar-refractivity contribution in [1.29, 1.82) is 0 Å². The molecule has 1 fully saturated rings. The normalized spacial score (nSPS) is 14.6. The van der Waals surface area contributed by atoms with Crippen LogP contribution in [0.1, 0.15) is 11.1 Å². The quantitative estimate of drug-likeness (QED) is 0.418. The second-order valence-electron chi connectivity index (χ2n) is 7.96. The van der Waals surface area contributed by atoms with Crippen LogP contribution in [-0.4, -0.2) is 69.4 Å². The van der Waals surface area contributed by atoms with Crippen molar-refractivity contribution in [3.05, 3.63) is 52.6 Å². The lowest BCUT2D eigenvalue weighted by Crippen LogP contribution is -2.42. The molecule has 1 aliphatic heterocycles. The Morgan fingerprint density at radius 3 is 2.71 bits per heavy atom. The molecule has 0 saturated carbocycles. The van der Waals surface area contributed by atoms with E-state index in [1.807, 2.05) is 37.3 Å². The molecular formula is C25H28ClN3O4S. The van der Waals surface area contributed by atoms with Gasteiger partial charge in [0.2, 0.25) is 0 Å². The number of methoxy groups -OCH3 is 2. The summed E-state index contributed by atoms with van der Waals surface area (Å²) in [6.45, 7) is 6.40. The van der Waals surface area contributed by atoms with Crippen molar-refractivity contribution in [2.75, 3.05) is 58.5 Å². The van der Waals surface area contributed by atoms with Gasteiger partial charge in [-0.1, -0.05) is 29.0 Å². The second-order valence-corrected chi connectivity index (χ2v) is 9.40. The van der Waals surface area contributed by atoms with Crippen LogP contribution in [0.15, 0.2) is 36.4 Å². The molecule has 0 spiro atoms. The third-order valence-electron chi connectivity index (χ3n) is 5.71. The summed E-state index contributed by atoms with van der Waals surface area (Å²) in [6, 6.07) is 9.33. The maximum atomic E-state index is 13.4. The molecule has 180 valence electrons. The number of nitrogens with zero attached hydrogens (tertiary/aromatic N) is 3. The third kappa shape index (κ3) is 5.70. The van der Waals surface area contributed by atoms with Crippen molar-refractivity contribution in [1.82, 2.24) is 9.88 Å². The highest BCUT2D eigenvalue weighted by atomic mass is 35.5. The van der Waals surface area contributed by atoms with Gasteiger partial charge in [0, 0.05) is 37.3 Å². The zero-order valence-corrected chi connectivity index (χ0v) is 21.1. The second kappa shape index (κ2) is 11.2. The standard InChI is InChI=1S/C25H28ClN3O4S/c1-17-14-19(26)16-22-24(17)27-25(34-22)29(9-8-28-10-12-33-13-11-28)23(30)7-5-18-4-6-20(31-2)21(15-18)32-3/h4-7,14-16H,8-13H2,1-3H3/b7-5+. The van der Waals surface area contributed by atoms with Crippen LogP contribution < -0.4 is 14.4 Å². The number of anilines is 1. The maximum absolute atomic E-state index is 13.4. The minimum atomic E-state index is -0.133. The number of ether oxygens (including phenoxy) is 3. The molecule has 1 amide bonds. The van der Waals surface area contributed by atoms with E-state index in [4.69, 9.17) is 30.8 Å². The van der Waals surface area contributed by atoms with Gasteiger partial charge in [-0.05, 0) is 48.4 Å². The number of benzene rings is 2. The van der Waals surface area contributed by atoms with E-state index in [-0.39, 0.29) is 5.91 Å². The van der Waals surface area contributed by atoms with Gasteiger partial charge in [-0.25, -0.2) is 4.98 Å². The van der Waals surface area contributed by atoms with Gasteiger partial charge in [0.25, 0.3) is 5.91 Å². The summed E-state index contributed by atoms with van der Waals surface area (Å²) in [5, 5.41) is 1.33. The smallest absolute Gasteiger partial charge is 0.252 e. The van der Waals surface area contributed by atoms with Crippen LogP contribution in [0, 0.1) is 6.92 Å². The predicted octanol–water partition coefficient (Wildman–Crippen LogP) is 4.65. The molecule has 0 unspecified atom stereocenters. The Morgan fingerprint density at radius 1 is 1.21 bits per heavy atom. The number of aryl methyl sites for hydroxylation is 1. The number of carbonyl (C=O) groups excluding carboxylic acids is 1. The Balaban J connectivity index is 1.60. The molecule has 3 aromatic rings. The van der Waals surface area contributed by atoms with Crippen LogP contribution in [0.2, 0.25) is 5.02 Å². The van der Waals surface area contributed by atoms with E-state index in [1.165, 1.54) is 11.3 Å². The van der Waals surface area contributed by atoms with Gasteiger partial charge in [0.1, 0.15) is 0 Å². The third-order valence-corrected chi connectivity index (χ3v) is 6.95. The largest absolute Gasteiger partial charge is 0.493 e. The highest BCUT2D eigenvalue weighted by Crippen LogP contribution is 2.33. The van der Waals surface area contributed by atoms with E-state index in [0.717, 1.165) is 41.0 Å². The van der Waals surface area contributed by atoms with Crippen molar-refractivity contribution >= 4 is 50.3 Å². The molecule has 34 heavy (non-hydrogen) atoms. The van der Waals surface area contributed by atoms with E-state index in [2.05, 4.69) is 4.90 Å². The summed E-state index contributed by atoms with van der Waals surface area (Å²) in [5.41, 5.74) is 2.70. The molecule has 0 N–H and O–H groups in total. The van der Waals surface area contributed by atoms with Gasteiger partial charge in [0.15, 0.2) is 16.6 Å². The Morgan fingerprint density at radius 2 is 1.97 bits per heavy atom. The number of morpholine rings is 1. The average Bonchev–Trinajstić information content (AvgIpc) is 3.27. The van der Waals surface area contributed by atoms with Gasteiger partial charge in [-0.15, -0.1) is 0 Å². The van der Waals surface area contributed by atoms with Crippen molar-refractivity contribution in [2.24, 2.45) is 0 Å². The van der Waals surface area contributed by atoms with E-state index in [9.17, 15) is 4.79 Å². The molecule has 1 aliphatic rings. The van der Waals surface area contributed by atoms with E-state index in [1.54, 1.807) is 31.3 Å². The molecule has 1 aromatic heterocycles. The lowest BCUT2D eigenvalue weighted by molar-refractivity contribution is -0.114. The van der Waals surface area contributed by atoms with Crippen molar-refractivity contribution in [2.45, 2.75) is 6.92 Å². The first-order valence-corrected chi connectivity index (χ1v) is 12.3. The zero-order valence-electron chi connectivity index (χ0n) is 19.5. The summed E-state index contributed by atoms with van der Waals surface area (Å²) < 4.78 is 17.1. The Hall–Kier alpha value is -2.65. The van der Waals surface area contributed by atoms with E-state index < -0.39 is 0 Å². The van der Waals surface area contributed by atoms with Crippen LogP contribution in [-0.2, 0) is 9.53 Å². The summed E-state index contributed by atoms with van der Waals surface area (Å²) in [4.78, 5) is 22.2. The summed E-state index contributed by atoms with van der Waals surface area (Å²) in [7, 11) is 3.18. The molecule has 9 heteroatoms. The van der Waals surface area contributed by atoms with Crippen LogP contribution >= 0.6 is 22.9 Å². The fourth-order valence-electron chi connectivity index (χ4n) is 3.84. The SMILES string of the molecule is COc1ccc(/C=C/C(=O)N(CCN2CCOCC2)c2nc3c(C)cc(Cl)cc3s2)cc1OC. The van der Waals surface area contributed by atoms with Gasteiger partial charge in [-0.3, -0.25) is 14.6 Å². The Bertz CT molecular complexity index is 1190. The molecule has 2 heterocycles. The van der Waals surface area contributed by atoms with Crippen LogP contribution in [0.4, 0.5) is 5.13 Å². The highest BCUT2D eigenvalue weighted by molar-refractivity contribution is 7.22. The molecule has 4 rings (SSSR count). The molecular weight excluding hydrogens is 474 g/mol. The molecule has 0 bridgehead atoms. The number of hydrogen-bond acceptors (Lipinski definition) is 7. The number of fused-ring (bicyclic) bond motifs is 1. The lowest BCUT2D eigenvalue weighted by Gasteiger charge is -2.28. The van der Waals surface area contributed by atoms with Gasteiger partial charge in [-0.2, -0.15) is 0 Å². The Kier molecular flexibility index (Phi) is 8.05. The molecule has 0 aliphatic carbocycles. The molecule has 2 aromatic carbocycles. The molecule has 1 saturated heterocycles. The first kappa shape index (κ1) is 24.5. The minimum absolute atomic E-state index is 0.133. The number of carbonyl (C=O) groups is 1. The molecule has 0 radical (unpaired) electrons. The van der Waals surface area contributed by atoms with Crippen molar-refractivity contribution < 1.29 is 19.0 Å². The number of amides is 1. The van der Waals surface area contributed by atoms with Crippen LogP contribution in [0.25, 0.3) is 16.3 Å². The first-order valence-electron chi connectivity index (χ1n) is 11.1. The highest BCUT2D eigenvalue weighted by Gasteiger charge is 2.21. The monoisotopic (exact) mass is 501 g/mol. The maximum Gasteiger partial charge on any atom is 0.252 e. The average molecular weight is 502 g/mol. The van der Waals surface area contributed by atoms with Crippen molar-refractivity contribution in [3.63, 3.8) is 0 Å². The summed E-state index contributed by atoms with van der Waals surface area (Å²) in [6.07, 6.45) is 3.36. The minimum Gasteiger partial charge on any atom is -0.493 e. The Labute approximate surface area is 208 Å².